The zero-order valence-electron chi connectivity index (χ0n) is 9.16. The van der Waals surface area contributed by atoms with E-state index in [0.717, 1.165) is 12.1 Å². The Morgan fingerprint density at radius 2 is 2.46 bits per heavy atom. The quantitative estimate of drug-likeness (QED) is 0.565. The van der Waals surface area contributed by atoms with Gasteiger partial charge >= 0.3 is 24.8 Å². The minimum atomic E-state index is -0.985. The molecule has 5 heteroatoms. The molecule has 13 heavy (non-hydrogen) atoms. The Balaban J connectivity index is 0. The third-order valence-electron chi connectivity index (χ3n) is 1.96. The van der Waals surface area contributed by atoms with Gasteiger partial charge < -0.3 is 6.53 Å². The van der Waals surface area contributed by atoms with Crippen molar-refractivity contribution in [1.29, 1.82) is 0 Å². The molecule has 1 rings (SSSR count). The summed E-state index contributed by atoms with van der Waals surface area (Å²) >= 11 is 0. The maximum atomic E-state index is 10.4. The Bertz CT molecular complexity index is 291. The largest absolute Gasteiger partial charge is 1.00 e. The van der Waals surface area contributed by atoms with Crippen molar-refractivity contribution >= 4 is 5.97 Å². The summed E-state index contributed by atoms with van der Waals surface area (Å²) in [5, 5.41) is 14.9. The number of hydrogen-bond donors (Lipinski definition) is 2. The van der Waals surface area contributed by atoms with Crippen LogP contribution >= 0.6 is 0 Å². The second-order valence-corrected chi connectivity index (χ2v) is 2.82. The van der Waals surface area contributed by atoms with Crippen LogP contribution in [0.5, 0.6) is 0 Å². The van der Waals surface area contributed by atoms with E-state index in [1.807, 2.05) is 13.8 Å². The summed E-state index contributed by atoms with van der Waals surface area (Å²) in [6.45, 7) is 4.07. The Morgan fingerprint density at radius 3 is 2.85 bits per heavy atom. The van der Waals surface area contributed by atoms with Crippen LogP contribution in [0.4, 0.5) is 0 Å². The molecular formula is C8H13LiN2O2. The number of carbonyl (C=O) groups is 1. The number of rotatable bonds is 3. The van der Waals surface area contributed by atoms with E-state index in [4.69, 9.17) is 5.11 Å². The van der Waals surface area contributed by atoms with Crippen LogP contribution in [-0.4, -0.2) is 21.3 Å². The van der Waals surface area contributed by atoms with Crippen molar-refractivity contribution in [2.75, 3.05) is 0 Å². The average Bonchev–Trinajstić information content (AvgIpc) is 2.51. The molecule has 68 valence electrons. The van der Waals surface area contributed by atoms with Crippen LogP contribution in [0.25, 0.3) is 0 Å². The fourth-order valence-corrected chi connectivity index (χ4v) is 0.919. The molecule has 0 aliphatic rings. The zero-order chi connectivity index (χ0) is 9.14. The van der Waals surface area contributed by atoms with E-state index in [2.05, 4.69) is 10.2 Å². The molecule has 0 fully saturated rings. The molecule has 0 saturated carbocycles. The van der Waals surface area contributed by atoms with Gasteiger partial charge in [-0.05, 0) is 18.4 Å². The molecule has 0 amide bonds. The van der Waals surface area contributed by atoms with E-state index >= 15 is 0 Å². The van der Waals surface area contributed by atoms with Gasteiger partial charge in [0.15, 0.2) is 5.69 Å². The summed E-state index contributed by atoms with van der Waals surface area (Å²) in [6.07, 6.45) is 0.973. The number of nitrogens with one attached hydrogen (secondary N) is 1. The van der Waals surface area contributed by atoms with Gasteiger partial charge in [0, 0.05) is 5.69 Å². The zero-order valence-corrected chi connectivity index (χ0v) is 8.16. The van der Waals surface area contributed by atoms with E-state index in [0.29, 0.717) is 5.92 Å². The summed E-state index contributed by atoms with van der Waals surface area (Å²) in [7, 11) is 0. The SMILES string of the molecule is CCC(C)c1cc(C(=O)O)n[nH]1.[H-].[Li+]. The van der Waals surface area contributed by atoms with Crippen LogP contribution in [0.1, 0.15) is 43.8 Å². The van der Waals surface area contributed by atoms with Gasteiger partial charge in [-0.3, -0.25) is 5.10 Å². The number of H-pyrrole nitrogens is 1. The minimum absolute atomic E-state index is 0. The number of carboxylic acids is 1. The van der Waals surface area contributed by atoms with Gasteiger partial charge in [-0.15, -0.1) is 0 Å². The monoisotopic (exact) mass is 176 g/mol. The number of aromatic nitrogens is 2. The number of carboxylic acid groups (broad SMARTS) is 1. The summed E-state index contributed by atoms with van der Waals surface area (Å²) < 4.78 is 0. The average molecular weight is 176 g/mol. The van der Waals surface area contributed by atoms with Gasteiger partial charge in [-0.2, -0.15) is 5.10 Å². The van der Waals surface area contributed by atoms with Crippen LogP contribution in [0.3, 0.4) is 0 Å². The molecule has 0 radical (unpaired) electrons. The van der Waals surface area contributed by atoms with Crippen LogP contribution in [-0.2, 0) is 0 Å². The Kier molecular flexibility index (Phi) is 4.82. The van der Waals surface area contributed by atoms with E-state index in [1.54, 1.807) is 6.07 Å². The fourth-order valence-electron chi connectivity index (χ4n) is 0.919. The molecule has 0 aliphatic heterocycles. The number of aromatic carboxylic acids is 1. The van der Waals surface area contributed by atoms with Gasteiger partial charge in [0.2, 0.25) is 0 Å². The van der Waals surface area contributed by atoms with Crippen LogP contribution in [0.2, 0.25) is 0 Å². The van der Waals surface area contributed by atoms with E-state index in [9.17, 15) is 4.79 Å². The van der Waals surface area contributed by atoms with Crippen molar-refractivity contribution in [3.8, 4) is 0 Å². The van der Waals surface area contributed by atoms with Crippen molar-refractivity contribution < 1.29 is 30.2 Å². The van der Waals surface area contributed by atoms with Crippen LogP contribution in [0.15, 0.2) is 6.07 Å². The van der Waals surface area contributed by atoms with E-state index in [1.165, 1.54) is 0 Å². The molecule has 2 N–H and O–H groups in total. The van der Waals surface area contributed by atoms with Crippen molar-refractivity contribution in [1.82, 2.24) is 10.2 Å². The number of hydrogen-bond acceptors (Lipinski definition) is 2. The second kappa shape index (κ2) is 5.10. The van der Waals surface area contributed by atoms with Crippen molar-refractivity contribution in [2.24, 2.45) is 0 Å². The van der Waals surface area contributed by atoms with Gasteiger partial charge in [0.25, 0.3) is 0 Å². The van der Waals surface area contributed by atoms with Gasteiger partial charge in [-0.1, -0.05) is 13.8 Å². The predicted molar refractivity (Wildman–Crippen MR) is 45.4 cm³/mol. The summed E-state index contributed by atoms with van der Waals surface area (Å²) in [4.78, 5) is 10.4. The molecule has 1 aromatic rings. The van der Waals surface area contributed by atoms with Crippen LogP contribution in [0, 0.1) is 0 Å². The fraction of sp³-hybridized carbons (Fsp3) is 0.500. The molecule has 1 unspecified atom stereocenters. The normalized spacial score (nSPS) is 11.8. The van der Waals surface area contributed by atoms with Gasteiger partial charge in [0.1, 0.15) is 0 Å². The summed E-state index contributed by atoms with van der Waals surface area (Å²) in [6, 6.07) is 1.58. The maximum Gasteiger partial charge on any atom is 1.00 e. The number of nitrogens with zero attached hydrogens (tertiary/aromatic N) is 1. The van der Waals surface area contributed by atoms with Crippen LogP contribution < -0.4 is 18.9 Å². The molecule has 1 heterocycles. The topological polar surface area (TPSA) is 66.0 Å². The third-order valence-corrected chi connectivity index (χ3v) is 1.96. The molecule has 0 saturated heterocycles. The molecular weight excluding hydrogens is 163 g/mol. The Labute approximate surface area is 90.4 Å². The standard InChI is InChI=1S/C8H12N2O2.Li.H/c1-3-5(2)6-4-7(8(11)12)10-9-6;;/h4-5H,3H2,1-2H3,(H,9,10)(H,11,12);;/q;+1;-1. The van der Waals surface area contributed by atoms with Gasteiger partial charge in [-0.25, -0.2) is 4.79 Å². The molecule has 0 spiro atoms. The summed E-state index contributed by atoms with van der Waals surface area (Å²) in [5.74, 6) is -0.647. The maximum absolute atomic E-state index is 10.4. The molecule has 4 nitrogen and oxygen atoms in total. The van der Waals surface area contributed by atoms with Gasteiger partial charge in [0.05, 0.1) is 0 Å². The van der Waals surface area contributed by atoms with Crippen molar-refractivity contribution in [3.05, 3.63) is 17.5 Å². The first-order valence-electron chi connectivity index (χ1n) is 3.93. The van der Waals surface area contributed by atoms with E-state index < -0.39 is 5.97 Å². The molecule has 0 bridgehead atoms. The third kappa shape index (κ3) is 2.91. The van der Waals surface area contributed by atoms with Crippen molar-refractivity contribution in [3.63, 3.8) is 0 Å². The Morgan fingerprint density at radius 1 is 1.85 bits per heavy atom. The molecule has 0 aromatic carbocycles. The predicted octanol–water partition coefficient (Wildman–Crippen LogP) is -1.26. The first-order valence-corrected chi connectivity index (χ1v) is 3.93. The second-order valence-electron chi connectivity index (χ2n) is 2.82. The molecule has 1 atom stereocenters. The molecule has 0 aliphatic carbocycles. The number of aromatic amines is 1. The minimum Gasteiger partial charge on any atom is -1.00 e. The Hall–Kier alpha value is -0.723. The van der Waals surface area contributed by atoms with Crippen molar-refractivity contribution in [2.45, 2.75) is 26.2 Å². The van der Waals surface area contributed by atoms with E-state index in [-0.39, 0.29) is 26.0 Å². The first kappa shape index (κ1) is 12.3. The molecule has 1 aromatic heterocycles. The summed E-state index contributed by atoms with van der Waals surface area (Å²) in [5.41, 5.74) is 0.972. The smallest absolute Gasteiger partial charge is 1.00 e. The first-order chi connectivity index (χ1) is 5.65.